The van der Waals surface area contributed by atoms with Crippen molar-refractivity contribution >= 4 is 11.3 Å². The molecule has 0 aliphatic carbocycles. The third kappa shape index (κ3) is 5.05. The van der Waals surface area contributed by atoms with Gasteiger partial charge in [0.1, 0.15) is 0 Å². The Labute approximate surface area is 102 Å². The second kappa shape index (κ2) is 7.76. The Hall–Kier alpha value is -0.450. The number of likely N-dealkylation sites (N-methyl/N-ethyl adjacent to an activating group) is 1. The summed E-state index contributed by atoms with van der Waals surface area (Å²) in [5.41, 5.74) is 0. The molecule has 4 heteroatoms. The molecule has 3 nitrogen and oxygen atoms in total. The van der Waals surface area contributed by atoms with Crippen molar-refractivity contribution in [3.05, 3.63) is 16.6 Å². The highest BCUT2D eigenvalue weighted by atomic mass is 32.1. The van der Waals surface area contributed by atoms with Crippen LogP contribution in [0.4, 0.5) is 0 Å². The zero-order valence-electron chi connectivity index (χ0n) is 10.4. The number of hydrogen-bond donors (Lipinski definition) is 1. The van der Waals surface area contributed by atoms with Gasteiger partial charge in [0.2, 0.25) is 0 Å². The monoisotopic (exact) mass is 242 g/mol. The van der Waals surface area contributed by atoms with E-state index in [0.717, 1.165) is 26.0 Å². The van der Waals surface area contributed by atoms with Crippen LogP contribution in [0.5, 0.6) is 0 Å². The maximum absolute atomic E-state index is 5.18. The normalized spacial score (nSPS) is 14.9. The molecule has 0 aliphatic rings. The molecule has 0 spiro atoms. The quantitative estimate of drug-likeness (QED) is 0.760. The van der Waals surface area contributed by atoms with Crippen molar-refractivity contribution in [3.8, 4) is 0 Å². The average molecular weight is 242 g/mol. The third-order valence-corrected chi connectivity index (χ3v) is 3.34. The predicted octanol–water partition coefficient (Wildman–Crippen LogP) is 2.34. The molecule has 1 heterocycles. The smallest absolute Gasteiger partial charge is 0.0940 e. The highest BCUT2D eigenvalue weighted by Crippen LogP contribution is 2.13. The molecule has 0 radical (unpaired) electrons. The van der Waals surface area contributed by atoms with Gasteiger partial charge in [-0.05, 0) is 18.9 Å². The van der Waals surface area contributed by atoms with Crippen LogP contribution < -0.4 is 5.32 Å². The van der Waals surface area contributed by atoms with Crippen LogP contribution in [-0.4, -0.2) is 31.3 Å². The first-order valence-electron chi connectivity index (χ1n) is 5.87. The summed E-state index contributed by atoms with van der Waals surface area (Å²) in [7, 11) is 1.76. The molecule has 0 aromatic carbocycles. The van der Waals surface area contributed by atoms with Gasteiger partial charge in [-0.15, -0.1) is 11.3 Å². The van der Waals surface area contributed by atoms with Crippen LogP contribution in [-0.2, 0) is 11.2 Å². The molecule has 2 atom stereocenters. The number of nitrogens with one attached hydrogen (secondary N) is 1. The van der Waals surface area contributed by atoms with E-state index in [1.165, 1.54) is 5.01 Å². The molecule has 0 amide bonds. The van der Waals surface area contributed by atoms with Crippen LogP contribution >= 0.6 is 11.3 Å². The average Bonchev–Trinajstić information content (AvgIpc) is 2.71. The Bertz CT molecular complexity index is 264. The number of thiazole rings is 1. The molecular weight excluding hydrogens is 220 g/mol. The van der Waals surface area contributed by atoms with Crippen molar-refractivity contribution in [2.24, 2.45) is 5.92 Å². The number of hydrogen-bond acceptors (Lipinski definition) is 4. The number of nitrogens with zero attached hydrogens (tertiary/aromatic N) is 1. The van der Waals surface area contributed by atoms with Gasteiger partial charge in [-0.2, -0.15) is 0 Å². The molecule has 0 aliphatic heterocycles. The first-order valence-corrected chi connectivity index (χ1v) is 6.74. The summed E-state index contributed by atoms with van der Waals surface area (Å²) in [5.74, 6) is 0.592. The predicted molar refractivity (Wildman–Crippen MR) is 68.9 cm³/mol. The molecule has 1 N–H and O–H groups in total. The number of rotatable bonds is 8. The minimum absolute atomic E-state index is 0.515. The molecule has 0 saturated carbocycles. The number of aromatic nitrogens is 1. The van der Waals surface area contributed by atoms with Gasteiger partial charge in [0.05, 0.1) is 5.01 Å². The lowest BCUT2D eigenvalue weighted by molar-refractivity contribution is 0.149. The van der Waals surface area contributed by atoms with Gasteiger partial charge in [-0.25, -0.2) is 4.98 Å². The molecule has 0 fully saturated rings. The molecule has 1 aromatic heterocycles. The Morgan fingerprint density at radius 2 is 2.38 bits per heavy atom. The van der Waals surface area contributed by atoms with Crippen molar-refractivity contribution < 1.29 is 4.74 Å². The molecule has 0 saturated heterocycles. The topological polar surface area (TPSA) is 34.2 Å². The number of ether oxygens (including phenoxy) is 1. The van der Waals surface area contributed by atoms with Gasteiger partial charge in [0, 0.05) is 37.8 Å². The Balaban J connectivity index is 2.40. The van der Waals surface area contributed by atoms with E-state index >= 15 is 0 Å². The summed E-state index contributed by atoms with van der Waals surface area (Å²) in [6.07, 6.45) is 4.04. The lowest BCUT2D eigenvalue weighted by Crippen LogP contribution is -2.33. The van der Waals surface area contributed by atoms with Gasteiger partial charge in [-0.3, -0.25) is 0 Å². The molecule has 16 heavy (non-hydrogen) atoms. The molecule has 1 aromatic rings. The van der Waals surface area contributed by atoms with Gasteiger partial charge in [0.25, 0.3) is 0 Å². The summed E-state index contributed by atoms with van der Waals surface area (Å²) >= 11 is 1.74. The fourth-order valence-electron chi connectivity index (χ4n) is 1.93. The summed E-state index contributed by atoms with van der Waals surface area (Å²) in [5, 5.41) is 6.78. The maximum Gasteiger partial charge on any atom is 0.0940 e. The summed E-state index contributed by atoms with van der Waals surface area (Å²) < 4.78 is 5.18. The van der Waals surface area contributed by atoms with Crippen molar-refractivity contribution in [2.75, 3.05) is 20.3 Å². The fraction of sp³-hybridized carbons (Fsp3) is 0.750. The van der Waals surface area contributed by atoms with Gasteiger partial charge < -0.3 is 10.1 Å². The molecule has 0 bridgehead atoms. The minimum atomic E-state index is 0.515. The SMILES string of the molecule is CCNC(Cc1nccs1)CC(C)COC. The van der Waals surface area contributed by atoms with Crippen LogP contribution in [0.15, 0.2) is 11.6 Å². The van der Waals surface area contributed by atoms with Crippen molar-refractivity contribution in [3.63, 3.8) is 0 Å². The van der Waals surface area contributed by atoms with E-state index in [1.54, 1.807) is 18.4 Å². The first kappa shape index (κ1) is 13.6. The van der Waals surface area contributed by atoms with E-state index in [2.05, 4.69) is 24.1 Å². The van der Waals surface area contributed by atoms with Crippen LogP contribution in [0.3, 0.4) is 0 Å². The van der Waals surface area contributed by atoms with Crippen LogP contribution in [0.1, 0.15) is 25.3 Å². The van der Waals surface area contributed by atoms with Gasteiger partial charge >= 0.3 is 0 Å². The zero-order valence-corrected chi connectivity index (χ0v) is 11.2. The van der Waals surface area contributed by atoms with E-state index in [9.17, 15) is 0 Å². The van der Waals surface area contributed by atoms with E-state index in [1.807, 2.05) is 11.6 Å². The maximum atomic E-state index is 5.18. The number of methoxy groups -OCH3 is 1. The van der Waals surface area contributed by atoms with Crippen molar-refractivity contribution in [1.82, 2.24) is 10.3 Å². The molecule has 1 rings (SSSR count). The highest BCUT2D eigenvalue weighted by molar-refractivity contribution is 7.09. The molecular formula is C12H22N2OS. The van der Waals surface area contributed by atoms with E-state index in [0.29, 0.717) is 12.0 Å². The summed E-state index contributed by atoms with van der Waals surface area (Å²) in [6.45, 7) is 6.22. The first-order chi connectivity index (χ1) is 7.76. The highest BCUT2D eigenvalue weighted by Gasteiger charge is 2.14. The largest absolute Gasteiger partial charge is 0.384 e. The van der Waals surface area contributed by atoms with Gasteiger partial charge in [-0.1, -0.05) is 13.8 Å². The van der Waals surface area contributed by atoms with E-state index < -0.39 is 0 Å². The summed E-state index contributed by atoms with van der Waals surface area (Å²) in [6, 6.07) is 0.515. The Kier molecular flexibility index (Phi) is 6.61. The molecule has 2 unspecified atom stereocenters. The Morgan fingerprint density at radius 1 is 1.56 bits per heavy atom. The molecule has 92 valence electrons. The second-order valence-electron chi connectivity index (χ2n) is 4.18. The van der Waals surface area contributed by atoms with Crippen LogP contribution in [0.2, 0.25) is 0 Å². The van der Waals surface area contributed by atoms with E-state index in [-0.39, 0.29) is 0 Å². The zero-order chi connectivity index (χ0) is 11.8. The summed E-state index contributed by atoms with van der Waals surface area (Å²) in [4.78, 5) is 4.34. The van der Waals surface area contributed by atoms with Crippen molar-refractivity contribution in [1.29, 1.82) is 0 Å². The van der Waals surface area contributed by atoms with Crippen LogP contribution in [0.25, 0.3) is 0 Å². The minimum Gasteiger partial charge on any atom is -0.384 e. The fourth-order valence-corrected chi connectivity index (χ4v) is 2.63. The van der Waals surface area contributed by atoms with Crippen LogP contribution in [0, 0.1) is 5.92 Å². The van der Waals surface area contributed by atoms with Crippen molar-refractivity contribution in [2.45, 2.75) is 32.7 Å². The van der Waals surface area contributed by atoms with Gasteiger partial charge in [0.15, 0.2) is 0 Å². The second-order valence-corrected chi connectivity index (χ2v) is 5.16. The Morgan fingerprint density at radius 3 is 2.94 bits per heavy atom. The van der Waals surface area contributed by atoms with E-state index in [4.69, 9.17) is 4.74 Å². The standard InChI is InChI=1S/C12H22N2OS/c1-4-13-11(7-10(2)9-15-3)8-12-14-5-6-16-12/h5-6,10-11,13H,4,7-9H2,1-3H3. The lowest BCUT2D eigenvalue weighted by Gasteiger charge is -2.20. The third-order valence-electron chi connectivity index (χ3n) is 2.54. The lowest BCUT2D eigenvalue weighted by atomic mass is 10.0.